The summed E-state index contributed by atoms with van der Waals surface area (Å²) < 4.78 is 0. The number of aromatic nitrogens is 1. The summed E-state index contributed by atoms with van der Waals surface area (Å²) in [6.07, 6.45) is 3.62. The number of nitrogens with zero attached hydrogens (tertiary/aromatic N) is 1. The van der Waals surface area contributed by atoms with Crippen LogP contribution in [0.2, 0.25) is 0 Å². The molecular formula is C9H6ClNS. The van der Waals surface area contributed by atoms with Gasteiger partial charge in [0.15, 0.2) is 0 Å². The Morgan fingerprint density at radius 1 is 1.25 bits per heavy atom. The highest BCUT2D eigenvalue weighted by molar-refractivity contribution is 8.21. The van der Waals surface area contributed by atoms with E-state index in [9.17, 15) is 0 Å². The Balaban J connectivity index is 2.79. The van der Waals surface area contributed by atoms with E-state index in [-0.39, 0.29) is 0 Å². The van der Waals surface area contributed by atoms with Gasteiger partial charge in [0, 0.05) is 22.7 Å². The fourth-order valence-corrected chi connectivity index (χ4v) is 1.96. The number of rotatable bonds is 1. The molecule has 12 heavy (non-hydrogen) atoms. The van der Waals surface area contributed by atoms with Crippen molar-refractivity contribution in [2.45, 2.75) is 4.90 Å². The molecule has 60 valence electrons. The first-order chi connectivity index (χ1) is 5.92. The van der Waals surface area contributed by atoms with Crippen molar-refractivity contribution in [1.29, 1.82) is 0 Å². The van der Waals surface area contributed by atoms with Gasteiger partial charge in [0.05, 0.1) is 0 Å². The van der Waals surface area contributed by atoms with Crippen LogP contribution in [0.1, 0.15) is 0 Å². The molecule has 0 atom stereocenters. The molecule has 0 aliphatic carbocycles. The third-order valence-corrected chi connectivity index (χ3v) is 2.74. The lowest BCUT2D eigenvalue weighted by atomic mass is 10.2. The van der Waals surface area contributed by atoms with E-state index >= 15 is 0 Å². The summed E-state index contributed by atoms with van der Waals surface area (Å²) in [4.78, 5) is 5.12. The zero-order valence-electron chi connectivity index (χ0n) is 6.20. The summed E-state index contributed by atoms with van der Waals surface area (Å²) in [5.74, 6) is 0. The molecule has 0 unspecified atom stereocenters. The van der Waals surface area contributed by atoms with Gasteiger partial charge in [-0.15, -0.1) is 0 Å². The molecule has 1 heterocycles. The topological polar surface area (TPSA) is 12.9 Å². The van der Waals surface area contributed by atoms with Gasteiger partial charge in [-0.25, -0.2) is 0 Å². The predicted molar refractivity (Wildman–Crippen MR) is 53.5 cm³/mol. The highest BCUT2D eigenvalue weighted by Gasteiger charge is 1.98. The van der Waals surface area contributed by atoms with Gasteiger partial charge in [-0.1, -0.05) is 12.1 Å². The molecule has 1 nitrogen and oxygen atoms in total. The first-order valence-electron chi connectivity index (χ1n) is 3.53. The van der Waals surface area contributed by atoms with E-state index in [0.29, 0.717) is 0 Å². The van der Waals surface area contributed by atoms with Crippen molar-refractivity contribution in [3.05, 3.63) is 36.7 Å². The van der Waals surface area contributed by atoms with Gasteiger partial charge in [0.25, 0.3) is 0 Å². The quantitative estimate of drug-likeness (QED) is 0.691. The highest BCUT2D eigenvalue weighted by atomic mass is 35.7. The molecule has 1 aromatic heterocycles. The molecule has 0 aliphatic rings. The Hall–Kier alpha value is -0.730. The number of hydrogen-bond acceptors (Lipinski definition) is 2. The van der Waals surface area contributed by atoms with Gasteiger partial charge in [-0.3, -0.25) is 4.98 Å². The van der Waals surface area contributed by atoms with Gasteiger partial charge < -0.3 is 0 Å². The first kappa shape index (κ1) is 7.90. The molecule has 2 aromatic rings. The van der Waals surface area contributed by atoms with Crippen LogP contribution in [0.15, 0.2) is 41.6 Å². The molecule has 0 N–H and O–H groups in total. The Kier molecular flexibility index (Phi) is 2.19. The number of hydrogen-bond donors (Lipinski definition) is 0. The highest BCUT2D eigenvalue weighted by Crippen LogP contribution is 2.29. The van der Waals surface area contributed by atoms with Crippen LogP contribution >= 0.6 is 21.7 Å². The minimum absolute atomic E-state index is 1.08. The molecule has 0 spiro atoms. The lowest BCUT2D eigenvalue weighted by molar-refractivity contribution is 1.35. The molecule has 0 radical (unpaired) electrons. The van der Waals surface area contributed by atoms with Gasteiger partial charge in [-0.05, 0) is 39.2 Å². The van der Waals surface area contributed by atoms with Gasteiger partial charge >= 0.3 is 0 Å². The molecule has 2 rings (SSSR count). The SMILES string of the molecule is ClSc1cccc2cnccc12. The minimum atomic E-state index is 1.08. The van der Waals surface area contributed by atoms with Crippen molar-refractivity contribution < 1.29 is 0 Å². The summed E-state index contributed by atoms with van der Waals surface area (Å²) in [6.45, 7) is 0. The molecule has 1 aromatic carbocycles. The molecule has 0 amide bonds. The summed E-state index contributed by atoms with van der Waals surface area (Å²) >= 11 is 0. The van der Waals surface area contributed by atoms with E-state index in [1.54, 1.807) is 6.20 Å². The van der Waals surface area contributed by atoms with E-state index in [1.165, 1.54) is 11.0 Å². The second-order valence-corrected chi connectivity index (χ2v) is 3.49. The number of halogens is 1. The second kappa shape index (κ2) is 3.33. The maximum absolute atomic E-state index is 5.70. The van der Waals surface area contributed by atoms with Crippen molar-refractivity contribution in [3.8, 4) is 0 Å². The van der Waals surface area contributed by atoms with E-state index in [0.717, 1.165) is 15.7 Å². The lowest BCUT2D eigenvalue weighted by Crippen LogP contribution is -1.76. The normalized spacial score (nSPS) is 10.4. The van der Waals surface area contributed by atoms with E-state index in [2.05, 4.69) is 4.98 Å². The number of benzene rings is 1. The van der Waals surface area contributed by atoms with Crippen LogP contribution in [0, 0.1) is 0 Å². The van der Waals surface area contributed by atoms with Crippen molar-refractivity contribution >= 4 is 32.4 Å². The Bertz CT molecular complexity index is 397. The smallest absolute Gasteiger partial charge is 0.0346 e. The van der Waals surface area contributed by atoms with Crippen molar-refractivity contribution in [2.75, 3.05) is 0 Å². The summed E-state index contributed by atoms with van der Waals surface area (Å²) in [5, 5.41) is 2.29. The fraction of sp³-hybridized carbons (Fsp3) is 0. The zero-order chi connectivity index (χ0) is 8.39. The Morgan fingerprint density at radius 2 is 2.17 bits per heavy atom. The van der Waals surface area contributed by atoms with Crippen LogP contribution in [-0.4, -0.2) is 4.98 Å². The van der Waals surface area contributed by atoms with E-state index < -0.39 is 0 Å². The molecule has 0 saturated carbocycles. The van der Waals surface area contributed by atoms with Crippen molar-refractivity contribution in [1.82, 2.24) is 4.98 Å². The largest absolute Gasteiger partial charge is 0.264 e. The Labute approximate surface area is 79.3 Å². The fourth-order valence-electron chi connectivity index (χ4n) is 1.16. The maximum Gasteiger partial charge on any atom is 0.0346 e. The second-order valence-electron chi connectivity index (χ2n) is 2.43. The average molecular weight is 196 g/mol. The van der Waals surface area contributed by atoms with Crippen LogP contribution in [0.5, 0.6) is 0 Å². The number of fused-ring (bicyclic) bond motifs is 1. The number of pyridine rings is 1. The van der Waals surface area contributed by atoms with E-state index in [4.69, 9.17) is 10.7 Å². The molecule has 0 saturated heterocycles. The summed E-state index contributed by atoms with van der Waals surface area (Å²) in [6, 6.07) is 7.98. The molecule has 0 bridgehead atoms. The van der Waals surface area contributed by atoms with Crippen LogP contribution in [0.4, 0.5) is 0 Å². The predicted octanol–water partition coefficient (Wildman–Crippen LogP) is 3.48. The van der Waals surface area contributed by atoms with Crippen LogP contribution in [0.3, 0.4) is 0 Å². The van der Waals surface area contributed by atoms with Gasteiger partial charge in [0.1, 0.15) is 0 Å². The standard InChI is InChI=1S/C9H6ClNS/c10-12-9-3-1-2-7-6-11-5-4-8(7)9/h1-6H. The van der Waals surface area contributed by atoms with E-state index in [1.807, 2.05) is 30.5 Å². The average Bonchev–Trinajstić information content (AvgIpc) is 2.17. The summed E-state index contributed by atoms with van der Waals surface area (Å²) in [5.41, 5.74) is 0. The minimum Gasteiger partial charge on any atom is -0.264 e. The van der Waals surface area contributed by atoms with Gasteiger partial charge in [0.2, 0.25) is 0 Å². The molecule has 0 aliphatic heterocycles. The summed E-state index contributed by atoms with van der Waals surface area (Å²) in [7, 11) is 6.94. The third-order valence-electron chi connectivity index (χ3n) is 1.72. The van der Waals surface area contributed by atoms with Crippen molar-refractivity contribution in [2.24, 2.45) is 0 Å². The molecular weight excluding hydrogens is 190 g/mol. The monoisotopic (exact) mass is 195 g/mol. The zero-order valence-corrected chi connectivity index (χ0v) is 7.77. The molecule has 3 heteroatoms. The molecule has 0 fully saturated rings. The van der Waals surface area contributed by atoms with Gasteiger partial charge in [-0.2, -0.15) is 0 Å². The Morgan fingerprint density at radius 3 is 3.00 bits per heavy atom. The van der Waals surface area contributed by atoms with Crippen LogP contribution in [0.25, 0.3) is 10.8 Å². The maximum atomic E-state index is 5.70. The third kappa shape index (κ3) is 1.28. The first-order valence-corrected chi connectivity index (χ1v) is 5.17. The van der Waals surface area contributed by atoms with Crippen LogP contribution < -0.4 is 0 Å². The van der Waals surface area contributed by atoms with Crippen LogP contribution in [-0.2, 0) is 0 Å². The van der Waals surface area contributed by atoms with Crippen molar-refractivity contribution in [3.63, 3.8) is 0 Å². The lowest BCUT2D eigenvalue weighted by Gasteiger charge is -1.99.